The van der Waals surface area contributed by atoms with Crippen LogP contribution in [0.3, 0.4) is 0 Å². The smallest absolute Gasteiger partial charge is 0.340 e. The van der Waals surface area contributed by atoms with E-state index in [0.717, 1.165) is 5.56 Å². The molecule has 0 saturated heterocycles. The number of aromatic nitrogens is 1. The minimum Gasteiger partial charge on any atom is -0.493 e. The number of carbonyl (C=O) groups is 2. The highest BCUT2D eigenvalue weighted by Gasteiger charge is 2.30. The number of ether oxygens (including phenoxy) is 3. The maximum Gasteiger partial charge on any atom is 0.340 e. The number of hydrogen-bond acceptors (Lipinski definition) is 7. The highest BCUT2D eigenvalue weighted by molar-refractivity contribution is 5.94. The second-order valence-electron chi connectivity index (χ2n) is 9.50. The van der Waals surface area contributed by atoms with Crippen molar-refractivity contribution in [2.24, 2.45) is 11.8 Å². The standard InChI is InChI=1S/C29H36N2O6/c1-18(2)11-21(28(33)30-3)14-24(32)25(12-19-9-7-6-8-10-19)37-29(34)22-13-20-15-26(35-4)27(36-5)16-23(20)31-17-22/h6-10,13,15-18,21,24-25,32H,11-12,14H2,1-5H3,(H,30,33)/t21-,24+,25+/m1/s1. The minimum atomic E-state index is -1.04. The summed E-state index contributed by atoms with van der Waals surface area (Å²) in [5.41, 5.74) is 1.79. The number of nitrogens with zero attached hydrogens (tertiary/aromatic N) is 1. The summed E-state index contributed by atoms with van der Waals surface area (Å²) in [5.74, 6) is 0.178. The first-order chi connectivity index (χ1) is 17.7. The van der Waals surface area contributed by atoms with E-state index in [1.54, 1.807) is 32.4 Å². The van der Waals surface area contributed by atoms with Crippen LogP contribution in [-0.4, -0.2) is 55.4 Å². The molecule has 0 aliphatic carbocycles. The van der Waals surface area contributed by atoms with Crippen LogP contribution in [0.2, 0.25) is 0 Å². The quantitative estimate of drug-likeness (QED) is 0.354. The fourth-order valence-corrected chi connectivity index (χ4v) is 4.40. The van der Waals surface area contributed by atoms with Gasteiger partial charge in [0.15, 0.2) is 11.5 Å². The van der Waals surface area contributed by atoms with Crippen LogP contribution in [0, 0.1) is 11.8 Å². The zero-order valence-corrected chi connectivity index (χ0v) is 22.1. The first kappa shape index (κ1) is 27.9. The Hall–Kier alpha value is -3.65. The molecule has 3 aromatic rings. The molecular formula is C29H36N2O6. The zero-order chi connectivity index (χ0) is 26.9. The van der Waals surface area contributed by atoms with Crippen LogP contribution in [0.1, 0.15) is 42.6 Å². The predicted octanol–water partition coefficient (Wildman–Crippen LogP) is 4.18. The Morgan fingerprint density at radius 2 is 1.68 bits per heavy atom. The van der Waals surface area contributed by atoms with E-state index in [1.165, 1.54) is 13.3 Å². The second kappa shape index (κ2) is 13.1. The molecule has 0 fully saturated rings. The van der Waals surface area contributed by atoms with Crippen LogP contribution in [0.15, 0.2) is 54.7 Å². The summed E-state index contributed by atoms with van der Waals surface area (Å²) in [6.07, 6.45) is 0.646. The van der Waals surface area contributed by atoms with Crippen molar-refractivity contribution in [3.05, 3.63) is 65.9 Å². The third-order valence-corrected chi connectivity index (χ3v) is 6.29. The van der Waals surface area contributed by atoms with Crippen molar-refractivity contribution in [2.45, 2.75) is 45.3 Å². The molecule has 1 heterocycles. The lowest BCUT2D eigenvalue weighted by Gasteiger charge is -2.27. The fraction of sp³-hybridized carbons (Fsp3) is 0.414. The lowest BCUT2D eigenvalue weighted by atomic mass is 9.88. The Kier molecular flexibility index (Phi) is 9.85. The summed E-state index contributed by atoms with van der Waals surface area (Å²) >= 11 is 0. The lowest BCUT2D eigenvalue weighted by Crippen LogP contribution is -2.38. The molecule has 0 bridgehead atoms. The average molecular weight is 509 g/mol. The predicted molar refractivity (Wildman–Crippen MR) is 142 cm³/mol. The number of aliphatic hydroxyl groups is 1. The van der Waals surface area contributed by atoms with Gasteiger partial charge in [-0.3, -0.25) is 9.78 Å². The van der Waals surface area contributed by atoms with Crippen molar-refractivity contribution in [2.75, 3.05) is 21.3 Å². The summed E-state index contributed by atoms with van der Waals surface area (Å²) in [5, 5.41) is 14.6. The number of nitrogens with one attached hydrogen (secondary N) is 1. The number of benzene rings is 2. The van der Waals surface area contributed by atoms with E-state index < -0.39 is 24.1 Å². The first-order valence-corrected chi connectivity index (χ1v) is 12.4. The summed E-state index contributed by atoms with van der Waals surface area (Å²) in [6.45, 7) is 4.06. The Labute approximate surface area is 218 Å². The van der Waals surface area contributed by atoms with Gasteiger partial charge in [0.1, 0.15) is 6.10 Å². The van der Waals surface area contributed by atoms with Gasteiger partial charge in [-0.2, -0.15) is 0 Å². The summed E-state index contributed by atoms with van der Waals surface area (Å²) in [6, 6.07) is 14.7. The number of pyridine rings is 1. The van der Waals surface area contributed by atoms with E-state index >= 15 is 0 Å². The Balaban J connectivity index is 1.86. The van der Waals surface area contributed by atoms with Crippen molar-refractivity contribution in [3.63, 3.8) is 0 Å². The Bertz CT molecular complexity index is 1200. The maximum absolute atomic E-state index is 13.2. The molecule has 2 N–H and O–H groups in total. The first-order valence-electron chi connectivity index (χ1n) is 12.4. The van der Waals surface area contributed by atoms with Crippen LogP contribution < -0.4 is 14.8 Å². The van der Waals surface area contributed by atoms with Crippen molar-refractivity contribution >= 4 is 22.8 Å². The number of aliphatic hydroxyl groups excluding tert-OH is 1. The maximum atomic E-state index is 13.2. The summed E-state index contributed by atoms with van der Waals surface area (Å²) in [4.78, 5) is 30.1. The highest BCUT2D eigenvalue weighted by atomic mass is 16.6. The number of hydrogen-bond donors (Lipinski definition) is 2. The minimum absolute atomic E-state index is 0.138. The van der Waals surface area contributed by atoms with Gasteiger partial charge in [0.05, 0.1) is 31.4 Å². The number of fused-ring (bicyclic) bond motifs is 1. The number of rotatable bonds is 12. The van der Waals surface area contributed by atoms with Crippen molar-refractivity contribution < 1.29 is 28.9 Å². The highest BCUT2D eigenvalue weighted by Crippen LogP contribution is 2.32. The van der Waals surface area contributed by atoms with E-state index in [1.807, 2.05) is 44.2 Å². The molecule has 0 aliphatic heterocycles. The zero-order valence-electron chi connectivity index (χ0n) is 22.1. The average Bonchev–Trinajstić information content (AvgIpc) is 2.90. The van der Waals surface area contributed by atoms with Gasteiger partial charge in [0, 0.05) is 37.0 Å². The monoisotopic (exact) mass is 508 g/mol. The summed E-state index contributed by atoms with van der Waals surface area (Å²) < 4.78 is 16.5. The number of amides is 1. The molecule has 0 saturated carbocycles. The Morgan fingerprint density at radius 1 is 1.00 bits per heavy atom. The molecule has 3 rings (SSSR count). The molecular weight excluding hydrogens is 472 g/mol. The van der Waals surface area contributed by atoms with E-state index in [9.17, 15) is 14.7 Å². The van der Waals surface area contributed by atoms with Crippen LogP contribution >= 0.6 is 0 Å². The molecule has 37 heavy (non-hydrogen) atoms. The van der Waals surface area contributed by atoms with E-state index in [4.69, 9.17) is 14.2 Å². The molecule has 8 nitrogen and oxygen atoms in total. The molecule has 0 radical (unpaired) electrons. The van der Waals surface area contributed by atoms with Gasteiger partial charge in [0.2, 0.25) is 5.91 Å². The largest absolute Gasteiger partial charge is 0.493 e. The van der Waals surface area contributed by atoms with Gasteiger partial charge in [-0.05, 0) is 36.5 Å². The third-order valence-electron chi connectivity index (χ3n) is 6.29. The summed E-state index contributed by atoms with van der Waals surface area (Å²) in [7, 11) is 4.67. The lowest BCUT2D eigenvalue weighted by molar-refractivity contribution is -0.126. The van der Waals surface area contributed by atoms with Gasteiger partial charge in [-0.1, -0.05) is 44.2 Å². The molecule has 1 aromatic heterocycles. The van der Waals surface area contributed by atoms with Crippen LogP contribution in [0.5, 0.6) is 11.5 Å². The molecule has 0 spiro atoms. The van der Waals surface area contributed by atoms with Gasteiger partial charge in [-0.15, -0.1) is 0 Å². The van der Waals surface area contributed by atoms with Gasteiger partial charge in [-0.25, -0.2) is 4.79 Å². The fourth-order valence-electron chi connectivity index (χ4n) is 4.40. The van der Waals surface area contributed by atoms with Crippen molar-refractivity contribution in [1.82, 2.24) is 10.3 Å². The SMILES string of the molecule is CNC(=O)[C@H](CC(C)C)C[C@H](O)[C@H](Cc1ccccc1)OC(=O)c1cnc2cc(OC)c(OC)cc2c1. The second-order valence-corrected chi connectivity index (χ2v) is 9.50. The molecule has 8 heteroatoms. The third kappa shape index (κ3) is 7.43. The number of esters is 1. The van der Waals surface area contributed by atoms with E-state index in [2.05, 4.69) is 10.3 Å². The number of carbonyl (C=O) groups excluding carboxylic acids is 2. The normalized spacial score (nSPS) is 13.6. The molecule has 0 aliphatic rings. The van der Waals surface area contributed by atoms with Gasteiger partial charge >= 0.3 is 5.97 Å². The topological polar surface area (TPSA) is 107 Å². The molecule has 198 valence electrons. The molecule has 1 amide bonds. The van der Waals surface area contributed by atoms with E-state index in [-0.39, 0.29) is 23.8 Å². The Morgan fingerprint density at radius 3 is 2.30 bits per heavy atom. The van der Waals surface area contributed by atoms with Crippen LogP contribution in [0.25, 0.3) is 10.9 Å². The molecule has 2 aromatic carbocycles. The molecule has 3 atom stereocenters. The van der Waals surface area contributed by atoms with Crippen molar-refractivity contribution in [3.8, 4) is 11.5 Å². The van der Waals surface area contributed by atoms with Crippen molar-refractivity contribution in [1.29, 1.82) is 0 Å². The van der Waals surface area contributed by atoms with Gasteiger partial charge in [0.25, 0.3) is 0 Å². The van der Waals surface area contributed by atoms with Crippen LogP contribution in [-0.2, 0) is 16.0 Å². The molecule has 0 unspecified atom stereocenters. The van der Waals surface area contributed by atoms with Crippen LogP contribution in [0.4, 0.5) is 0 Å². The van der Waals surface area contributed by atoms with E-state index in [0.29, 0.717) is 35.2 Å². The number of methoxy groups -OCH3 is 2. The van der Waals surface area contributed by atoms with Gasteiger partial charge < -0.3 is 24.6 Å².